The molecule has 9 N–H and O–H groups in total. The fraction of sp³-hybridized carbons (Fsp3) is 0.667. The largest absolute Gasteiger partial charge is 0.481 e. The number of nitrogens with two attached hydrogens (primary N) is 2. The quantitative estimate of drug-likeness (QED) is 0.117. The van der Waals surface area contributed by atoms with Gasteiger partial charge in [0.25, 0.3) is 0 Å². The van der Waals surface area contributed by atoms with Gasteiger partial charge in [-0.2, -0.15) is 12.6 Å². The molecule has 182 valence electrons. The number of hydrogen-bond donors (Lipinski definition) is 8. The van der Waals surface area contributed by atoms with Crippen LogP contribution in [0.4, 0.5) is 0 Å². The lowest BCUT2D eigenvalue weighted by atomic mass is 10.0. The van der Waals surface area contributed by atoms with Crippen LogP contribution in [0.2, 0.25) is 0 Å². The van der Waals surface area contributed by atoms with Crippen LogP contribution in [-0.2, 0) is 28.8 Å². The minimum atomic E-state index is -1.72. The fourth-order valence-electron chi connectivity index (χ4n) is 2.56. The zero-order valence-electron chi connectivity index (χ0n) is 17.9. The Hall–Kier alpha value is -2.87. The molecule has 0 aromatic heterocycles. The van der Waals surface area contributed by atoms with Crippen molar-refractivity contribution in [1.82, 2.24) is 16.0 Å². The number of carboxylic acid groups (broad SMARTS) is 2. The summed E-state index contributed by atoms with van der Waals surface area (Å²) in [6.07, 6.45) is -0.939. The average molecular weight is 478 g/mol. The van der Waals surface area contributed by atoms with E-state index in [-0.39, 0.29) is 24.5 Å². The maximum absolute atomic E-state index is 12.7. The van der Waals surface area contributed by atoms with Crippen molar-refractivity contribution in [2.75, 3.05) is 5.75 Å². The van der Waals surface area contributed by atoms with Gasteiger partial charge in [-0.1, -0.05) is 13.8 Å². The van der Waals surface area contributed by atoms with Crippen molar-refractivity contribution in [3.8, 4) is 0 Å². The van der Waals surface area contributed by atoms with Crippen LogP contribution in [0.1, 0.15) is 39.5 Å². The van der Waals surface area contributed by atoms with E-state index in [1.807, 2.05) is 19.2 Å². The Kier molecular flexibility index (Phi) is 13.0. The predicted octanol–water partition coefficient (Wildman–Crippen LogP) is -2.43. The van der Waals surface area contributed by atoms with E-state index in [9.17, 15) is 28.8 Å². The van der Waals surface area contributed by atoms with Crippen LogP contribution in [0.5, 0.6) is 0 Å². The molecule has 4 atom stereocenters. The second-order valence-corrected chi connectivity index (χ2v) is 7.91. The van der Waals surface area contributed by atoms with Gasteiger partial charge in [-0.25, -0.2) is 4.79 Å². The van der Waals surface area contributed by atoms with Gasteiger partial charge in [0.2, 0.25) is 23.6 Å². The molecule has 0 fully saturated rings. The van der Waals surface area contributed by atoms with Crippen molar-refractivity contribution in [1.29, 1.82) is 0 Å². The summed E-state index contributed by atoms with van der Waals surface area (Å²) in [5.74, 6) is -6.37. The molecule has 0 aromatic rings. The molecule has 0 radical (unpaired) electrons. The van der Waals surface area contributed by atoms with Crippen molar-refractivity contribution in [2.45, 2.75) is 63.7 Å². The molecule has 0 spiro atoms. The Morgan fingerprint density at radius 2 is 1.38 bits per heavy atom. The van der Waals surface area contributed by atoms with Crippen LogP contribution < -0.4 is 27.4 Å². The Morgan fingerprint density at radius 3 is 1.81 bits per heavy atom. The first-order valence-corrected chi connectivity index (χ1v) is 10.4. The lowest BCUT2D eigenvalue weighted by Crippen LogP contribution is -2.58. The summed E-state index contributed by atoms with van der Waals surface area (Å²) in [6, 6.07) is -5.23. The molecule has 32 heavy (non-hydrogen) atoms. The molecule has 4 amide bonds. The molecule has 0 saturated carbocycles. The molecule has 0 heterocycles. The van der Waals surface area contributed by atoms with Gasteiger partial charge in [0.1, 0.15) is 18.1 Å². The Bertz CT molecular complexity index is 717. The van der Waals surface area contributed by atoms with E-state index >= 15 is 0 Å². The van der Waals surface area contributed by atoms with Crippen molar-refractivity contribution in [3.05, 3.63) is 0 Å². The fourth-order valence-corrected chi connectivity index (χ4v) is 2.82. The third kappa shape index (κ3) is 11.5. The van der Waals surface area contributed by atoms with E-state index in [4.69, 9.17) is 21.7 Å². The van der Waals surface area contributed by atoms with Crippen LogP contribution in [-0.4, -0.2) is 75.7 Å². The summed E-state index contributed by atoms with van der Waals surface area (Å²) < 4.78 is 0. The molecular weight excluding hydrogens is 446 g/mol. The third-order valence-electron chi connectivity index (χ3n) is 4.18. The lowest BCUT2D eigenvalue weighted by molar-refractivity contribution is -0.147. The smallest absolute Gasteiger partial charge is 0.326 e. The van der Waals surface area contributed by atoms with Gasteiger partial charge in [-0.05, 0) is 18.8 Å². The van der Waals surface area contributed by atoms with Gasteiger partial charge in [-0.15, -0.1) is 0 Å². The molecule has 0 saturated heterocycles. The Balaban J connectivity index is 5.32. The number of amides is 4. The van der Waals surface area contributed by atoms with E-state index in [0.29, 0.717) is 6.42 Å². The van der Waals surface area contributed by atoms with Gasteiger partial charge < -0.3 is 37.6 Å². The van der Waals surface area contributed by atoms with Gasteiger partial charge in [0, 0.05) is 12.2 Å². The number of rotatable bonds is 15. The molecule has 0 bridgehead atoms. The number of hydrogen-bond acceptors (Lipinski definition) is 8. The van der Waals surface area contributed by atoms with Crippen LogP contribution in [0, 0.1) is 5.92 Å². The van der Waals surface area contributed by atoms with Crippen LogP contribution in [0.15, 0.2) is 0 Å². The van der Waals surface area contributed by atoms with Crippen molar-refractivity contribution in [2.24, 2.45) is 17.4 Å². The van der Waals surface area contributed by atoms with E-state index in [1.54, 1.807) is 0 Å². The SMILES string of the molecule is CC(C)CC(N)C(=O)NC(CCC(N)=O)C(=O)NC(CS)C(=O)NC(CC(=O)O)C(=O)O. The maximum atomic E-state index is 12.7. The maximum Gasteiger partial charge on any atom is 0.326 e. The van der Waals surface area contributed by atoms with E-state index in [0.717, 1.165) is 0 Å². The minimum absolute atomic E-state index is 0.110. The van der Waals surface area contributed by atoms with Crippen molar-refractivity contribution >= 4 is 48.2 Å². The molecule has 0 aliphatic heterocycles. The standard InChI is InChI=1S/C18H31N5O8S/c1-8(2)5-9(19)15(27)21-10(3-4-13(20)24)16(28)23-12(7-32)17(29)22-11(18(30)31)6-14(25)26/h8-12,32H,3-7,19H2,1-2H3,(H2,20,24)(H,21,27)(H,22,29)(H,23,28)(H,25,26)(H,30,31). The van der Waals surface area contributed by atoms with Gasteiger partial charge in [0.15, 0.2) is 0 Å². The second-order valence-electron chi connectivity index (χ2n) is 7.54. The van der Waals surface area contributed by atoms with Gasteiger partial charge >= 0.3 is 11.9 Å². The van der Waals surface area contributed by atoms with Crippen molar-refractivity contribution in [3.63, 3.8) is 0 Å². The molecule has 0 rings (SSSR count). The topological polar surface area (TPSA) is 231 Å². The minimum Gasteiger partial charge on any atom is -0.481 e. The summed E-state index contributed by atoms with van der Waals surface area (Å²) in [5, 5.41) is 24.5. The summed E-state index contributed by atoms with van der Waals surface area (Å²) >= 11 is 3.95. The zero-order chi connectivity index (χ0) is 25.0. The number of carboxylic acids is 2. The monoisotopic (exact) mass is 477 g/mol. The molecule has 0 aliphatic carbocycles. The number of thiol groups is 1. The van der Waals surface area contributed by atoms with Gasteiger partial charge in [-0.3, -0.25) is 24.0 Å². The summed E-state index contributed by atoms with van der Waals surface area (Å²) in [6.45, 7) is 3.71. The second kappa shape index (κ2) is 14.2. The van der Waals surface area contributed by atoms with E-state index in [2.05, 4.69) is 23.3 Å². The summed E-state index contributed by atoms with van der Waals surface area (Å²) in [5.41, 5.74) is 10.9. The average Bonchev–Trinajstić information content (AvgIpc) is 2.66. The molecule has 14 heteroatoms. The molecule has 13 nitrogen and oxygen atoms in total. The highest BCUT2D eigenvalue weighted by atomic mass is 32.1. The van der Waals surface area contributed by atoms with Crippen LogP contribution >= 0.6 is 12.6 Å². The molecule has 4 unspecified atom stereocenters. The first kappa shape index (κ1) is 29.1. The van der Waals surface area contributed by atoms with E-state index < -0.39 is 66.2 Å². The predicted molar refractivity (Wildman–Crippen MR) is 115 cm³/mol. The number of primary amides is 1. The van der Waals surface area contributed by atoms with E-state index in [1.165, 1.54) is 0 Å². The molecule has 0 aromatic carbocycles. The van der Waals surface area contributed by atoms with Crippen LogP contribution in [0.3, 0.4) is 0 Å². The molecular formula is C18H31N5O8S. The van der Waals surface area contributed by atoms with Crippen LogP contribution in [0.25, 0.3) is 0 Å². The van der Waals surface area contributed by atoms with Crippen molar-refractivity contribution < 1.29 is 39.0 Å². The zero-order valence-corrected chi connectivity index (χ0v) is 18.8. The Morgan fingerprint density at radius 1 is 0.875 bits per heavy atom. The number of aliphatic carboxylic acids is 2. The number of carbonyl (C=O) groups is 6. The highest BCUT2D eigenvalue weighted by Gasteiger charge is 2.30. The number of carbonyl (C=O) groups excluding carboxylic acids is 4. The first-order chi connectivity index (χ1) is 14.8. The normalized spacial score (nSPS) is 14.5. The highest BCUT2D eigenvalue weighted by molar-refractivity contribution is 7.80. The molecule has 0 aliphatic rings. The highest BCUT2D eigenvalue weighted by Crippen LogP contribution is 2.05. The Labute approximate surface area is 190 Å². The summed E-state index contributed by atoms with van der Waals surface area (Å²) in [7, 11) is 0. The lowest BCUT2D eigenvalue weighted by Gasteiger charge is -2.24. The first-order valence-electron chi connectivity index (χ1n) is 9.78. The summed E-state index contributed by atoms with van der Waals surface area (Å²) in [4.78, 5) is 70.3. The van der Waals surface area contributed by atoms with Gasteiger partial charge in [0.05, 0.1) is 12.5 Å². The number of nitrogens with one attached hydrogen (secondary N) is 3. The third-order valence-corrected chi connectivity index (χ3v) is 4.55.